The van der Waals surface area contributed by atoms with Crippen LogP contribution in [0.25, 0.3) is 0 Å². The van der Waals surface area contributed by atoms with E-state index < -0.39 is 0 Å². The second kappa shape index (κ2) is 10.9. The maximum atomic E-state index is 5.82. The van der Waals surface area contributed by atoms with Gasteiger partial charge in [0.25, 0.3) is 0 Å². The summed E-state index contributed by atoms with van der Waals surface area (Å²) in [5.74, 6) is 0. The minimum atomic E-state index is 0.0339. The quantitative estimate of drug-likeness (QED) is 0.575. The monoisotopic (exact) mass is 374 g/mol. The van der Waals surface area contributed by atoms with Crippen molar-refractivity contribution in [3.63, 3.8) is 0 Å². The van der Waals surface area contributed by atoms with E-state index in [-0.39, 0.29) is 10.8 Å². The molecular formula is C18H34N2O6. The third-order valence-electron chi connectivity index (χ3n) is 4.96. The number of ether oxygens (including phenoxy) is 6. The summed E-state index contributed by atoms with van der Waals surface area (Å²) in [5, 5.41) is 6.70. The summed E-state index contributed by atoms with van der Waals surface area (Å²) >= 11 is 0. The van der Waals surface area contributed by atoms with Crippen molar-refractivity contribution in [2.75, 3.05) is 105 Å². The molecular weight excluding hydrogens is 340 g/mol. The fourth-order valence-electron chi connectivity index (χ4n) is 3.18. The van der Waals surface area contributed by atoms with Gasteiger partial charge in [0, 0.05) is 26.2 Å². The summed E-state index contributed by atoms with van der Waals surface area (Å²) in [4.78, 5) is 0. The van der Waals surface area contributed by atoms with Gasteiger partial charge in [-0.25, -0.2) is 0 Å². The zero-order valence-electron chi connectivity index (χ0n) is 15.8. The molecule has 0 aromatic rings. The summed E-state index contributed by atoms with van der Waals surface area (Å²) in [5.41, 5.74) is 0.0679. The van der Waals surface area contributed by atoms with E-state index in [2.05, 4.69) is 10.6 Å². The molecule has 152 valence electrons. The first-order valence-electron chi connectivity index (χ1n) is 9.71. The second-order valence-electron chi connectivity index (χ2n) is 7.70. The van der Waals surface area contributed by atoms with Gasteiger partial charge in [0.1, 0.15) is 0 Å². The SMILES string of the molecule is C1COCC2(COCCNCCOCC3(COCCN1)COC3)COC2. The highest BCUT2D eigenvalue weighted by molar-refractivity contribution is 4.86. The molecule has 26 heavy (non-hydrogen) atoms. The standard InChI is InChI=1S/C18H34N2O6/c1-5-21-9-17(13-25-14-17)10-23-7-3-20-4-8-24-12-18(15-26-16-18)11-22-6-2-19-1/h19-20H,1-16H2. The van der Waals surface area contributed by atoms with Crippen LogP contribution in [0.5, 0.6) is 0 Å². The number of rotatable bonds is 0. The molecule has 0 radical (unpaired) electrons. The van der Waals surface area contributed by atoms with E-state index in [4.69, 9.17) is 28.4 Å². The van der Waals surface area contributed by atoms with E-state index in [1.54, 1.807) is 0 Å². The smallest absolute Gasteiger partial charge is 0.0637 e. The molecule has 0 aromatic heterocycles. The zero-order chi connectivity index (χ0) is 18.0. The molecule has 8 nitrogen and oxygen atoms in total. The van der Waals surface area contributed by atoms with Crippen molar-refractivity contribution in [1.82, 2.24) is 10.6 Å². The van der Waals surface area contributed by atoms with Crippen LogP contribution in [0, 0.1) is 10.8 Å². The Balaban J connectivity index is 1.37. The average molecular weight is 374 g/mol. The molecule has 0 atom stereocenters. The van der Waals surface area contributed by atoms with Crippen LogP contribution in [0.15, 0.2) is 0 Å². The molecule has 0 bridgehead atoms. The molecule has 3 fully saturated rings. The zero-order valence-corrected chi connectivity index (χ0v) is 15.8. The molecule has 3 aliphatic heterocycles. The van der Waals surface area contributed by atoms with Gasteiger partial charge in [-0.1, -0.05) is 0 Å². The van der Waals surface area contributed by atoms with E-state index >= 15 is 0 Å². The van der Waals surface area contributed by atoms with Gasteiger partial charge < -0.3 is 39.1 Å². The van der Waals surface area contributed by atoms with E-state index in [9.17, 15) is 0 Å². The number of hydrogen-bond donors (Lipinski definition) is 2. The lowest BCUT2D eigenvalue weighted by molar-refractivity contribution is -0.178. The molecule has 3 saturated heterocycles. The lowest BCUT2D eigenvalue weighted by atomic mass is 9.88. The van der Waals surface area contributed by atoms with E-state index in [1.807, 2.05) is 0 Å². The lowest BCUT2D eigenvalue weighted by Gasteiger charge is -2.41. The Morgan fingerprint density at radius 2 is 0.654 bits per heavy atom. The van der Waals surface area contributed by atoms with Crippen molar-refractivity contribution in [2.45, 2.75) is 0 Å². The Morgan fingerprint density at radius 3 is 0.885 bits per heavy atom. The van der Waals surface area contributed by atoms with Gasteiger partial charge in [-0.2, -0.15) is 0 Å². The van der Waals surface area contributed by atoms with Crippen LogP contribution in [-0.4, -0.2) is 105 Å². The Kier molecular flexibility index (Phi) is 8.54. The highest BCUT2D eigenvalue weighted by Crippen LogP contribution is 2.29. The first-order chi connectivity index (χ1) is 12.8. The minimum Gasteiger partial charge on any atom is -0.380 e. The third-order valence-corrected chi connectivity index (χ3v) is 4.96. The van der Waals surface area contributed by atoms with Crippen LogP contribution in [0.3, 0.4) is 0 Å². The summed E-state index contributed by atoms with van der Waals surface area (Å²) < 4.78 is 34.0. The largest absolute Gasteiger partial charge is 0.380 e. The fraction of sp³-hybridized carbons (Fsp3) is 1.00. The van der Waals surface area contributed by atoms with E-state index in [0.29, 0.717) is 52.9 Å². The van der Waals surface area contributed by atoms with Crippen LogP contribution in [0.1, 0.15) is 0 Å². The van der Waals surface area contributed by atoms with Crippen molar-refractivity contribution < 1.29 is 28.4 Å². The highest BCUT2D eigenvalue weighted by Gasteiger charge is 2.40. The van der Waals surface area contributed by atoms with E-state index in [1.165, 1.54) is 0 Å². The maximum Gasteiger partial charge on any atom is 0.0637 e. The number of hydrogen-bond acceptors (Lipinski definition) is 8. The Morgan fingerprint density at radius 1 is 0.385 bits per heavy atom. The van der Waals surface area contributed by atoms with Gasteiger partial charge in [-0.15, -0.1) is 0 Å². The topological polar surface area (TPSA) is 79.4 Å². The van der Waals surface area contributed by atoms with Crippen molar-refractivity contribution in [2.24, 2.45) is 10.8 Å². The Labute approximate surface area is 156 Å². The first-order valence-corrected chi connectivity index (χ1v) is 9.71. The summed E-state index contributed by atoms with van der Waals surface area (Å²) in [7, 11) is 0. The lowest BCUT2D eigenvalue weighted by Crippen LogP contribution is -2.50. The third kappa shape index (κ3) is 6.38. The predicted octanol–water partition coefficient (Wildman–Crippen LogP) is -0.721. The van der Waals surface area contributed by atoms with Crippen LogP contribution in [0.4, 0.5) is 0 Å². The fourth-order valence-corrected chi connectivity index (χ4v) is 3.18. The van der Waals surface area contributed by atoms with Gasteiger partial charge in [0.05, 0.1) is 90.1 Å². The van der Waals surface area contributed by atoms with Gasteiger partial charge in [0.15, 0.2) is 0 Å². The van der Waals surface area contributed by atoms with Crippen molar-refractivity contribution in [1.29, 1.82) is 0 Å². The maximum absolute atomic E-state index is 5.82. The Hall–Kier alpha value is -0.320. The van der Waals surface area contributed by atoms with Gasteiger partial charge in [-0.05, 0) is 0 Å². The molecule has 3 rings (SSSR count). The summed E-state index contributed by atoms with van der Waals surface area (Å²) in [6, 6.07) is 0. The molecule has 3 heterocycles. The molecule has 2 N–H and O–H groups in total. The molecule has 0 amide bonds. The van der Waals surface area contributed by atoms with Gasteiger partial charge in [0.2, 0.25) is 0 Å². The van der Waals surface area contributed by atoms with Crippen LogP contribution in [0.2, 0.25) is 0 Å². The summed E-state index contributed by atoms with van der Waals surface area (Å²) in [6.07, 6.45) is 0. The van der Waals surface area contributed by atoms with Crippen molar-refractivity contribution in [3.05, 3.63) is 0 Å². The van der Waals surface area contributed by atoms with Crippen molar-refractivity contribution in [3.8, 4) is 0 Å². The average Bonchev–Trinajstić information content (AvgIpc) is 2.58. The van der Waals surface area contributed by atoms with Crippen LogP contribution in [-0.2, 0) is 28.4 Å². The summed E-state index contributed by atoms with van der Waals surface area (Å²) in [6.45, 7) is 11.7. The highest BCUT2D eigenvalue weighted by atomic mass is 16.5. The second-order valence-corrected chi connectivity index (χ2v) is 7.70. The molecule has 2 spiro atoms. The van der Waals surface area contributed by atoms with Crippen LogP contribution >= 0.6 is 0 Å². The van der Waals surface area contributed by atoms with E-state index in [0.717, 1.165) is 52.6 Å². The molecule has 0 aromatic carbocycles. The van der Waals surface area contributed by atoms with Crippen LogP contribution < -0.4 is 10.6 Å². The molecule has 3 aliphatic rings. The molecule has 8 heteroatoms. The van der Waals surface area contributed by atoms with Gasteiger partial charge >= 0.3 is 0 Å². The Bertz CT molecular complexity index is 330. The van der Waals surface area contributed by atoms with Crippen molar-refractivity contribution >= 4 is 0 Å². The molecule has 0 saturated carbocycles. The number of nitrogens with one attached hydrogen (secondary N) is 2. The minimum absolute atomic E-state index is 0.0339. The molecule has 0 unspecified atom stereocenters. The first kappa shape index (κ1) is 20.4. The molecule has 0 aliphatic carbocycles. The van der Waals surface area contributed by atoms with Gasteiger partial charge in [-0.3, -0.25) is 0 Å². The normalized spacial score (nSPS) is 29.5. The predicted molar refractivity (Wildman–Crippen MR) is 95.5 cm³/mol.